The van der Waals surface area contributed by atoms with E-state index in [1.54, 1.807) is 41.1 Å². The SMILES string of the molecule is COC(=O)c1ccc(CN2C(=O)SC(=Cc3cccn3-c3cccc([N+](=O)[O-])c3)C2=O)o1. The van der Waals surface area contributed by atoms with E-state index in [2.05, 4.69) is 4.74 Å². The molecule has 0 bridgehead atoms. The first-order valence-corrected chi connectivity index (χ1v) is 10.0. The topological polar surface area (TPSA) is 125 Å². The van der Waals surface area contributed by atoms with Crippen LogP contribution in [0.5, 0.6) is 0 Å². The summed E-state index contributed by atoms with van der Waals surface area (Å²) < 4.78 is 11.6. The number of furan rings is 1. The van der Waals surface area contributed by atoms with Crippen LogP contribution in [0, 0.1) is 10.1 Å². The Morgan fingerprint density at radius 3 is 2.78 bits per heavy atom. The first kappa shape index (κ1) is 21.1. The molecule has 0 atom stereocenters. The van der Waals surface area contributed by atoms with Gasteiger partial charge in [0.25, 0.3) is 16.8 Å². The van der Waals surface area contributed by atoms with E-state index in [1.165, 1.54) is 31.4 Å². The van der Waals surface area contributed by atoms with E-state index in [-0.39, 0.29) is 28.7 Å². The van der Waals surface area contributed by atoms with Crippen LogP contribution >= 0.6 is 11.8 Å². The number of esters is 1. The molecule has 11 heteroatoms. The number of amides is 2. The second kappa shape index (κ2) is 8.55. The fraction of sp³-hybridized carbons (Fsp3) is 0.0952. The van der Waals surface area contributed by atoms with Crippen molar-refractivity contribution in [3.63, 3.8) is 0 Å². The van der Waals surface area contributed by atoms with Crippen LogP contribution in [0.4, 0.5) is 10.5 Å². The molecule has 2 aromatic heterocycles. The fourth-order valence-corrected chi connectivity index (χ4v) is 3.93. The van der Waals surface area contributed by atoms with E-state index in [1.807, 2.05) is 0 Å². The first-order chi connectivity index (χ1) is 15.4. The summed E-state index contributed by atoms with van der Waals surface area (Å²) in [4.78, 5) is 48.5. The molecule has 0 spiro atoms. The third-order valence-electron chi connectivity index (χ3n) is 4.61. The molecule has 0 radical (unpaired) electrons. The molecule has 2 amide bonds. The van der Waals surface area contributed by atoms with Gasteiger partial charge in [-0.1, -0.05) is 6.07 Å². The van der Waals surface area contributed by atoms with Crippen molar-refractivity contribution in [3.05, 3.63) is 87.0 Å². The second-order valence-electron chi connectivity index (χ2n) is 6.61. The number of hydrogen-bond donors (Lipinski definition) is 0. The summed E-state index contributed by atoms with van der Waals surface area (Å²) in [5.41, 5.74) is 1.05. The number of carbonyl (C=O) groups is 3. The molecule has 3 aromatic rings. The van der Waals surface area contributed by atoms with Gasteiger partial charge in [0.1, 0.15) is 5.76 Å². The maximum Gasteiger partial charge on any atom is 0.373 e. The summed E-state index contributed by atoms with van der Waals surface area (Å²) in [6.07, 6.45) is 3.25. The molecule has 1 aromatic carbocycles. The number of aromatic nitrogens is 1. The molecule has 3 heterocycles. The standard InChI is InChI=1S/C21H15N3O7S/c1-30-20(26)17-8-7-16(31-17)12-23-19(25)18(32-21(23)27)11-14-6-3-9-22(14)13-4-2-5-15(10-13)24(28)29/h2-11H,12H2,1H3. The van der Waals surface area contributed by atoms with Crippen LogP contribution in [0.3, 0.4) is 0 Å². The van der Waals surface area contributed by atoms with Crippen LogP contribution in [0.1, 0.15) is 22.0 Å². The van der Waals surface area contributed by atoms with Crippen molar-refractivity contribution < 1.29 is 28.5 Å². The highest BCUT2D eigenvalue weighted by molar-refractivity contribution is 8.18. The maximum absolute atomic E-state index is 12.8. The molecule has 1 aliphatic heterocycles. The zero-order chi connectivity index (χ0) is 22.8. The van der Waals surface area contributed by atoms with Crippen LogP contribution in [0.2, 0.25) is 0 Å². The number of thioether (sulfide) groups is 1. The van der Waals surface area contributed by atoms with Gasteiger partial charge in [-0.15, -0.1) is 0 Å². The number of nitrogens with zero attached hydrogens (tertiary/aromatic N) is 3. The van der Waals surface area contributed by atoms with Crippen molar-refractivity contribution in [1.82, 2.24) is 9.47 Å². The van der Waals surface area contributed by atoms with Crippen LogP contribution in [-0.2, 0) is 16.1 Å². The highest BCUT2D eigenvalue weighted by Crippen LogP contribution is 2.34. The highest BCUT2D eigenvalue weighted by atomic mass is 32.2. The van der Waals surface area contributed by atoms with Gasteiger partial charge in [-0.25, -0.2) is 4.79 Å². The van der Waals surface area contributed by atoms with E-state index < -0.39 is 22.0 Å². The van der Waals surface area contributed by atoms with Gasteiger partial charge < -0.3 is 13.7 Å². The lowest BCUT2D eigenvalue weighted by atomic mass is 10.2. The summed E-state index contributed by atoms with van der Waals surface area (Å²) in [7, 11) is 1.22. The molecule has 1 aliphatic rings. The third kappa shape index (κ3) is 4.05. The van der Waals surface area contributed by atoms with Gasteiger partial charge in [-0.05, 0) is 48.2 Å². The molecule has 4 rings (SSSR count). The predicted molar refractivity (Wildman–Crippen MR) is 114 cm³/mol. The second-order valence-corrected chi connectivity index (χ2v) is 7.60. The molecular weight excluding hydrogens is 438 g/mol. The number of hydrogen-bond acceptors (Lipinski definition) is 8. The lowest BCUT2D eigenvalue weighted by molar-refractivity contribution is -0.384. The molecule has 0 unspecified atom stereocenters. The molecule has 10 nitrogen and oxygen atoms in total. The largest absolute Gasteiger partial charge is 0.463 e. The van der Waals surface area contributed by atoms with Crippen LogP contribution in [-0.4, -0.2) is 38.6 Å². The zero-order valence-corrected chi connectivity index (χ0v) is 17.4. The lowest BCUT2D eigenvalue weighted by Gasteiger charge is -2.10. The zero-order valence-electron chi connectivity index (χ0n) is 16.6. The molecule has 1 saturated heterocycles. The Morgan fingerprint density at radius 2 is 2.03 bits per heavy atom. The number of methoxy groups -OCH3 is 1. The van der Waals surface area contributed by atoms with E-state index in [9.17, 15) is 24.5 Å². The molecule has 1 fully saturated rings. The van der Waals surface area contributed by atoms with Crippen molar-refractivity contribution in [3.8, 4) is 5.69 Å². The number of benzene rings is 1. The van der Waals surface area contributed by atoms with Crippen LogP contribution in [0.25, 0.3) is 11.8 Å². The number of nitro benzene ring substituents is 1. The number of non-ortho nitro benzene ring substituents is 1. The summed E-state index contributed by atoms with van der Waals surface area (Å²) >= 11 is 0.773. The van der Waals surface area contributed by atoms with Crippen molar-refractivity contribution in [2.45, 2.75) is 6.54 Å². The van der Waals surface area contributed by atoms with Crippen LogP contribution in [0.15, 0.2) is 64.1 Å². The summed E-state index contributed by atoms with van der Waals surface area (Å²) in [6.45, 7) is -0.134. The molecule has 162 valence electrons. The highest BCUT2D eigenvalue weighted by Gasteiger charge is 2.36. The van der Waals surface area contributed by atoms with Crippen molar-refractivity contribution >= 4 is 40.6 Å². The van der Waals surface area contributed by atoms with E-state index in [4.69, 9.17) is 4.42 Å². The Bertz CT molecular complexity index is 1270. The monoisotopic (exact) mass is 453 g/mol. The smallest absolute Gasteiger partial charge is 0.373 e. The molecule has 0 aliphatic carbocycles. The lowest BCUT2D eigenvalue weighted by Crippen LogP contribution is -2.27. The van der Waals surface area contributed by atoms with Gasteiger partial charge in [-0.2, -0.15) is 0 Å². The third-order valence-corrected chi connectivity index (χ3v) is 5.52. The van der Waals surface area contributed by atoms with Gasteiger partial charge >= 0.3 is 5.97 Å². The Kier molecular flexibility index (Phi) is 5.65. The fourth-order valence-electron chi connectivity index (χ4n) is 3.10. The van der Waals surface area contributed by atoms with E-state index in [0.717, 1.165) is 16.7 Å². The Morgan fingerprint density at radius 1 is 1.22 bits per heavy atom. The summed E-state index contributed by atoms with van der Waals surface area (Å²) in [5.74, 6) is -0.941. The number of carbonyl (C=O) groups excluding carboxylic acids is 3. The normalized spacial score (nSPS) is 14.9. The summed E-state index contributed by atoms with van der Waals surface area (Å²) in [6, 6.07) is 12.4. The minimum atomic E-state index is -0.660. The van der Waals surface area contributed by atoms with E-state index >= 15 is 0 Å². The number of ether oxygens (including phenoxy) is 1. The summed E-state index contributed by atoms with van der Waals surface area (Å²) in [5, 5.41) is 10.6. The van der Waals surface area contributed by atoms with E-state index in [0.29, 0.717) is 11.4 Å². The Balaban J connectivity index is 1.57. The number of imide groups is 1. The minimum Gasteiger partial charge on any atom is -0.463 e. The first-order valence-electron chi connectivity index (χ1n) is 9.22. The average Bonchev–Trinajstić information content (AvgIpc) is 3.50. The van der Waals surface area contributed by atoms with Crippen molar-refractivity contribution in [2.75, 3.05) is 7.11 Å². The maximum atomic E-state index is 12.8. The van der Waals surface area contributed by atoms with Crippen molar-refractivity contribution in [2.24, 2.45) is 0 Å². The number of nitro groups is 1. The molecule has 0 N–H and O–H groups in total. The van der Waals surface area contributed by atoms with Gasteiger partial charge in [0.05, 0.1) is 29.2 Å². The van der Waals surface area contributed by atoms with Gasteiger partial charge in [0, 0.05) is 24.0 Å². The van der Waals surface area contributed by atoms with Gasteiger partial charge in [0.15, 0.2) is 0 Å². The quantitative estimate of drug-likeness (QED) is 0.237. The van der Waals surface area contributed by atoms with Gasteiger partial charge in [-0.3, -0.25) is 24.6 Å². The Labute approximate surface area is 185 Å². The van der Waals surface area contributed by atoms with Crippen molar-refractivity contribution in [1.29, 1.82) is 0 Å². The van der Waals surface area contributed by atoms with Gasteiger partial charge in [0.2, 0.25) is 5.76 Å². The average molecular weight is 453 g/mol. The Hall–Kier alpha value is -4.12. The number of rotatable bonds is 6. The minimum absolute atomic E-state index is 0.0280. The molecular formula is C21H15N3O7S. The molecule has 32 heavy (non-hydrogen) atoms. The van der Waals surface area contributed by atoms with Crippen LogP contribution < -0.4 is 0 Å². The predicted octanol–water partition coefficient (Wildman–Crippen LogP) is 4.00. The molecule has 0 saturated carbocycles.